The second-order valence-corrected chi connectivity index (χ2v) is 22.0. The lowest BCUT2D eigenvalue weighted by Crippen LogP contribution is -2.67. The highest BCUT2D eigenvalue weighted by atomic mass is 28.4. The van der Waals surface area contributed by atoms with Crippen LogP contribution >= 0.6 is 0 Å². The van der Waals surface area contributed by atoms with Crippen LogP contribution in [0.4, 0.5) is 0 Å². The third-order valence-corrected chi connectivity index (χ3v) is 17.8. The molecule has 1 saturated carbocycles. The molecule has 36 heavy (non-hydrogen) atoms. The molecular weight excluding hydrogens is 480 g/mol. The molecule has 0 amide bonds. The summed E-state index contributed by atoms with van der Waals surface area (Å²) in [5.41, 5.74) is 0. The lowest BCUT2D eigenvalue weighted by atomic mass is 9.83. The fourth-order valence-corrected chi connectivity index (χ4v) is 11.2. The van der Waals surface area contributed by atoms with E-state index >= 15 is 0 Å². The van der Waals surface area contributed by atoms with E-state index < -0.39 is 28.7 Å². The number of rotatable bonds is 8. The average molecular weight is 527 g/mol. The van der Waals surface area contributed by atoms with E-state index in [1.807, 2.05) is 12.1 Å². The maximum Gasteiger partial charge on any atom is 0.261 e. The molecule has 3 atom stereocenters. The second-order valence-electron chi connectivity index (χ2n) is 12.9. The van der Waals surface area contributed by atoms with Crippen molar-refractivity contribution in [3.05, 3.63) is 60.7 Å². The predicted octanol–water partition coefficient (Wildman–Crippen LogP) is 5.68. The van der Waals surface area contributed by atoms with Gasteiger partial charge in [0.05, 0.1) is 12.7 Å². The lowest BCUT2D eigenvalue weighted by Gasteiger charge is -2.44. The maximum atomic E-state index is 13.0. The Morgan fingerprint density at radius 3 is 1.83 bits per heavy atom. The van der Waals surface area contributed by atoms with Crippen molar-refractivity contribution in [1.82, 2.24) is 0 Å². The fourth-order valence-electron chi connectivity index (χ4n) is 5.18. The summed E-state index contributed by atoms with van der Waals surface area (Å²) in [6, 6.07) is 20.8. The third kappa shape index (κ3) is 6.10. The van der Waals surface area contributed by atoms with Gasteiger partial charge >= 0.3 is 0 Å². The minimum absolute atomic E-state index is 0.0103. The normalized spacial score (nSPS) is 20.9. The van der Waals surface area contributed by atoms with Crippen LogP contribution < -0.4 is 10.4 Å². The summed E-state index contributed by atoms with van der Waals surface area (Å²) in [6.07, 6.45) is 0.919. The Labute approximate surface area is 220 Å². The number of ketones is 1. The van der Waals surface area contributed by atoms with E-state index in [2.05, 4.69) is 103 Å². The Kier molecular flexibility index (Phi) is 8.89. The Bertz CT molecular complexity index is 954. The fraction of sp³-hybridized carbons (Fsp3) is 0.567. The van der Waals surface area contributed by atoms with Crippen molar-refractivity contribution in [2.75, 3.05) is 6.61 Å². The van der Waals surface area contributed by atoms with Crippen molar-refractivity contribution < 1.29 is 18.8 Å². The predicted molar refractivity (Wildman–Crippen MR) is 154 cm³/mol. The molecule has 0 bridgehead atoms. The van der Waals surface area contributed by atoms with Crippen LogP contribution in [0.15, 0.2) is 60.7 Å². The Hall–Kier alpha value is -1.58. The van der Waals surface area contributed by atoms with Crippen LogP contribution in [0.5, 0.6) is 0 Å². The van der Waals surface area contributed by atoms with E-state index in [1.54, 1.807) is 0 Å². The van der Waals surface area contributed by atoms with E-state index in [-0.39, 0.29) is 28.6 Å². The largest absolute Gasteiger partial charge is 0.414 e. The highest BCUT2D eigenvalue weighted by Gasteiger charge is 2.51. The monoisotopic (exact) mass is 526 g/mol. The molecule has 1 N–H and O–H groups in total. The molecule has 1 aliphatic rings. The van der Waals surface area contributed by atoms with Crippen molar-refractivity contribution >= 4 is 32.8 Å². The van der Waals surface area contributed by atoms with Crippen LogP contribution in [0.2, 0.25) is 23.2 Å². The maximum absolute atomic E-state index is 13.0. The highest BCUT2D eigenvalue weighted by molar-refractivity contribution is 6.99. The molecule has 0 heterocycles. The smallest absolute Gasteiger partial charge is 0.261 e. The zero-order valence-electron chi connectivity index (χ0n) is 23.5. The van der Waals surface area contributed by atoms with Gasteiger partial charge < -0.3 is 14.0 Å². The topological polar surface area (TPSA) is 55.8 Å². The lowest BCUT2D eigenvalue weighted by molar-refractivity contribution is -0.132. The van der Waals surface area contributed by atoms with Crippen LogP contribution in [0.25, 0.3) is 0 Å². The van der Waals surface area contributed by atoms with Gasteiger partial charge in [-0.3, -0.25) is 4.79 Å². The molecule has 0 aromatic heterocycles. The Balaban J connectivity index is 1.86. The minimum atomic E-state index is -2.77. The van der Waals surface area contributed by atoms with Crippen molar-refractivity contribution in [2.45, 2.75) is 96.2 Å². The molecule has 0 saturated heterocycles. The Morgan fingerprint density at radius 2 is 1.39 bits per heavy atom. The van der Waals surface area contributed by atoms with E-state index in [4.69, 9.17) is 8.85 Å². The molecule has 2 unspecified atom stereocenters. The quantitative estimate of drug-likeness (QED) is 0.450. The first-order chi connectivity index (χ1) is 16.7. The van der Waals surface area contributed by atoms with Gasteiger partial charge in [0.15, 0.2) is 8.32 Å². The van der Waals surface area contributed by atoms with Gasteiger partial charge in [0.25, 0.3) is 8.32 Å². The van der Waals surface area contributed by atoms with Gasteiger partial charge in [-0.05, 0) is 46.4 Å². The minimum Gasteiger partial charge on any atom is -0.414 e. The summed E-state index contributed by atoms with van der Waals surface area (Å²) < 4.78 is 13.6. The molecule has 1 fully saturated rings. The number of hydrogen-bond donors (Lipinski definition) is 1. The highest BCUT2D eigenvalue weighted by Crippen LogP contribution is 2.40. The molecule has 3 rings (SSSR count). The van der Waals surface area contributed by atoms with Crippen LogP contribution in [0, 0.1) is 5.92 Å². The van der Waals surface area contributed by atoms with E-state index in [0.717, 1.165) is 6.42 Å². The summed E-state index contributed by atoms with van der Waals surface area (Å²) in [5, 5.41) is 13.6. The van der Waals surface area contributed by atoms with Crippen molar-refractivity contribution in [3.8, 4) is 0 Å². The molecule has 1 aliphatic carbocycles. The number of hydrogen-bond acceptors (Lipinski definition) is 4. The van der Waals surface area contributed by atoms with Gasteiger partial charge in [0.1, 0.15) is 5.78 Å². The van der Waals surface area contributed by atoms with Crippen LogP contribution in [0.3, 0.4) is 0 Å². The summed E-state index contributed by atoms with van der Waals surface area (Å²) in [5.74, 6) is -0.324. The van der Waals surface area contributed by atoms with Crippen molar-refractivity contribution in [2.24, 2.45) is 5.92 Å². The van der Waals surface area contributed by atoms with E-state index in [9.17, 15) is 9.90 Å². The van der Waals surface area contributed by atoms with Gasteiger partial charge in [-0.2, -0.15) is 0 Å². The van der Waals surface area contributed by atoms with E-state index in [0.29, 0.717) is 12.8 Å². The van der Waals surface area contributed by atoms with Crippen molar-refractivity contribution in [3.63, 3.8) is 0 Å². The molecular formula is C30H46O4Si2. The molecule has 0 radical (unpaired) electrons. The molecule has 0 aliphatic heterocycles. The van der Waals surface area contributed by atoms with Gasteiger partial charge in [0, 0.05) is 18.4 Å². The number of aliphatic hydroxyl groups excluding tert-OH is 1. The Morgan fingerprint density at radius 1 is 0.889 bits per heavy atom. The molecule has 6 heteroatoms. The number of Topliss-reactive ketones (excluding diaryl/α,β-unsaturated/α-hetero) is 1. The number of carbonyl (C=O) groups excluding carboxylic acids is 1. The first-order valence-corrected chi connectivity index (χ1v) is 18.1. The van der Waals surface area contributed by atoms with Gasteiger partial charge in [-0.1, -0.05) is 102 Å². The number of carbonyl (C=O) groups is 1. The van der Waals surface area contributed by atoms with Gasteiger partial charge in [0.2, 0.25) is 0 Å². The molecule has 198 valence electrons. The first-order valence-electron chi connectivity index (χ1n) is 13.3. The van der Waals surface area contributed by atoms with Crippen LogP contribution in [-0.2, 0) is 13.6 Å². The first kappa shape index (κ1) is 29.0. The average Bonchev–Trinajstić information content (AvgIpc) is 2.80. The molecule has 0 spiro atoms. The zero-order valence-corrected chi connectivity index (χ0v) is 25.5. The molecule has 4 nitrogen and oxygen atoms in total. The summed E-state index contributed by atoms with van der Waals surface area (Å²) in [7, 11) is -4.73. The van der Waals surface area contributed by atoms with Gasteiger partial charge in [-0.15, -0.1) is 0 Å². The SMILES string of the molecule is CC(C)(C)[Si](C)(C)O[C@H]1CCC(=O)C(C(O)CO[Si](c2ccccc2)(c2ccccc2)C(C)(C)C)C1. The third-order valence-electron chi connectivity index (χ3n) is 8.26. The number of benzene rings is 2. The van der Waals surface area contributed by atoms with Crippen LogP contribution in [-0.4, -0.2) is 46.3 Å². The van der Waals surface area contributed by atoms with E-state index in [1.165, 1.54) is 10.4 Å². The molecule has 2 aromatic carbocycles. The standard InChI is InChI=1S/C30H46O4Si2/c1-29(2,3)35(7,8)34-23-19-20-27(31)26(21-23)28(32)22-33-36(30(4,5)6,24-15-11-9-12-16-24)25-17-13-10-14-18-25/h9-18,23,26,28,32H,19-22H2,1-8H3/t23-,26?,28?/m0/s1. The van der Waals surface area contributed by atoms with Gasteiger partial charge in [-0.25, -0.2) is 0 Å². The number of aliphatic hydroxyl groups is 1. The summed E-state index contributed by atoms with van der Waals surface area (Å²) >= 11 is 0. The summed E-state index contributed by atoms with van der Waals surface area (Å²) in [6.45, 7) is 18.0. The summed E-state index contributed by atoms with van der Waals surface area (Å²) in [4.78, 5) is 13.0. The molecule has 2 aromatic rings. The zero-order chi connectivity index (χ0) is 26.8. The van der Waals surface area contributed by atoms with Crippen molar-refractivity contribution in [1.29, 1.82) is 0 Å². The van der Waals surface area contributed by atoms with Crippen LogP contribution in [0.1, 0.15) is 60.8 Å². The second kappa shape index (κ2) is 11.0.